The lowest BCUT2D eigenvalue weighted by Crippen LogP contribution is -2.59. The first kappa shape index (κ1) is 45.1. The van der Waals surface area contributed by atoms with Crippen LogP contribution in [0.5, 0.6) is 11.8 Å². The molecule has 8 heterocycles. The van der Waals surface area contributed by atoms with E-state index in [1.807, 2.05) is 13.1 Å². The molecule has 7 aliphatic rings. The third-order valence-corrected chi connectivity index (χ3v) is 17.6. The zero-order chi connectivity index (χ0) is 48.2. The number of aliphatic hydroxyl groups is 1. The number of amides is 1. The first-order valence-electron chi connectivity index (χ1n) is 26.1. The lowest BCUT2D eigenvalue weighted by molar-refractivity contribution is -0.130. The number of piperazine rings is 2. The summed E-state index contributed by atoms with van der Waals surface area (Å²) in [5.74, 6) is -0.648. The molecule has 372 valence electrons. The average molecular weight is 968 g/mol. The minimum atomic E-state index is -0.783. The maximum absolute atomic E-state index is 17.2. The Bertz CT molecular complexity index is 3040. The minimum absolute atomic E-state index is 0.00340. The van der Waals surface area contributed by atoms with Crippen molar-refractivity contribution in [1.29, 1.82) is 0 Å². The molecule has 5 saturated heterocycles. The predicted octanol–water partition coefficient (Wildman–Crippen LogP) is 6.68. The van der Waals surface area contributed by atoms with Gasteiger partial charge in [-0.3, -0.25) is 19.4 Å². The number of pyridine rings is 1. The van der Waals surface area contributed by atoms with E-state index in [1.165, 1.54) is 43.5 Å². The van der Waals surface area contributed by atoms with E-state index in [2.05, 4.69) is 58.5 Å². The molecule has 4 N–H and O–H groups in total. The molecular weight excluding hydrogens is 905 g/mol. The van der Waals surface area contributed by atoms with Gasteiger partial charge in [0.1, 0.15) is 40.9 Å². The molecule has 1 spiro atoms. The lowest BCUT2D eigenvalue weighted by atomic mass is 9.60. The Balaban J connectivity index is 0.649. The van der Waals surface area contributed by atoms with Crippen LogP contribution in [0.4, 0.5) is 20.3 Å². The third kappa shape index (κ3) is 8.20. The SMILES string of the molecule is CCc1c(F)ccc2cc(O)cc(-c3ncc4c(N5CC6CCC(C5)N6)nc(OCC5(CN6CCC7(CC6)CC(N6CCN(c8ccc9c(cnn9C9CCC(O)NC9=O)c8)CC6)C7)CC5)nc4c3F)c12. The number of phenolic OH excluding ortho intramolecular Hbond substituents is 1. The largest absolute Gasteiger partial charge is 0.508 e. The van der Waals surface area contributed by atoms with E-state index in [9.17, 15) is 15.0 Å². The van der Waals surface area contributed by atoms with E-state index in [0.717, 1.165) is 95.5 Å². The maximum atomic E-state index is 17.2. The molecule has 6 aromatic rings. The van der Waals surface area contributed by atoms with E-state index in [4.69, 9.17) is 14.7 Å². The van der Waals surface area contributed by atoms with Crippen molar-refractivity contribution in [2.45, 2.75) is 108 Å². The van der Waals surface area contributed by atoms with Crippen molar-refractivity contribution in [2.24, 2.45) is 10.8 Å². The first-order chi connectivity index (χ1) is 34.5. The second kappa shape index (κ2) is 17.5. The molecule has 2 aliphatic carbocycles. The Labute approximate surface area is 411 Å². The van der Waals surface area contributed by atoms with Gasteiger partial charge >= 0.3 is 6.01 Å². The summed E-state index contributed by atoms with van der Waals surface area (Å²) < 4.78 is 40.8. The van der Waals surface area contributed by atoms with Crippen LogP contribution in [0.1, 0.15) is 82.7 Å². The monoisotopic (exact) mass is 968 g/mol. The molecule has 7 fully saturated rings. The van der Waals surface area contributed by atoms with Crippen LogP contribution in [0.15, 0.2) is 54.9 Å². The number of hydrogen-bond acceptors (Lipinski definition) is 13. The van der Waals surface area contributed by atoms with Gasteiger partial charge in [0.05, 0.1) is 23.7 Å². The Kier molecular flexibility index (Phi) is 11.1. The van der Waals surface area contributed by atoms with Gasteiger partial charge in [0, 0.05) is 92.2 Å². The number of phenols is 1. The zero-order valence-corrected chi connectivity index (χ0v) is 40.4. The quantitative estimate of drug-likeness (QED) is 0.109. The lowest BCUT2D eigenvalue weighted by Gasteiger charge is -2.56. The van der Waals surface area contributed by atoms with Crippen LogP contribution in [0.3, 0.4) is 0 Å². The molecule has 3 aromatic heterocycles. The van der Waals surface area contributed by atoms with Crippen LogP contribution < -0.4 is 25.2 Å². The van der Waals surface area contributed by atoms with Crippen molar-refractivity contribution in [2.75, 3.05) is 75.3 Å². The Hall–Kier alpha value is -5.75. The number of piperidine rings is 2. The number of nitrogens with one attached hydrogen (secondary N) is 2. The van der Waals surface area contributed by atoms with Crippen molar-refractivity contribution in [3.8, 4) is 23.0 Å². The number of anilines is 2. The summed E-state index contributed by atoms with van der Waals surface area (Å²) in [4.78, 5) is 37.1. The molecule has 0 radical (unpaired) electrons. The van der Waals surface area contributed by atoms with Gasteiger partial charge in [-0.2, -0.15) is 15.1 Å². The number of halogens is 2. The number of fused-ring (bicyclic) bond motifs is 5. The van der Waals surface area contributed by atoms with E-state index >= 15 is 8.78 Å². The summed E-state index contributed by atoms with van der Waals surface area (Å²) in [7, 11) is 0. The molecular formula is C54H63F2N11O4. The molecule has 71 heavy (non-hydrogen) atoms. The Morgan fingerprint density at radius 3 is 2.39 bits per heavy atom. The normalized spacial score (nSPS) is 25.6. The van der Waals surface area contributed by atoms with Crippen LogP contribution in [0.25, 0.3) is 43.8 Å². The number of aryl methyl sites for hydroxylation is 1. The predicted molar refractivity (Wildman–Crippen MR) is 268 cm³/mol. The highest BCUT2D eigenvalue weighted by atomic mass is 19.1. The zero-order valence-electron chi connectivity index (χ0n) is 40.4. The van der Waals surface area contributed by atoms with Gasteiger partial charge in [-0.1, -0.05) is 13.0 Å². The molecule has 2 saturated carbocycles. The molecule has 4 unspecified atom stereocenters. The Morgan fingerprint density at radius 2 is 1.65 bits per heavy atom. The number of aromatic hydroxyl groups is 1. The second-order valence-corrected chi connectivity index (χ2v) is 22.1. The molecule has 13 rings (SSSR count). The van der Waals surface area contributed by atoms with Crippen LogP contribution in [-0.2, 0) is 11.2 Å². The molecule has 15 nitrogen and oxygen atoms in total. The van der Waals surface area contributed by atoms with Crippen molar-refractivity contribution in [3.05, 3.63) is 72.1 Å². The highest BCUT2D eigenvalue weighted by Crippen LogP contribution is 2.53. The van der Waals surface area contributed by atoms with Crippen LogP contribution in [-0.4, -0.2) is 141 Å². The van der Waals surface area contributed by atoms with E-state index in [0.29, 0.717) is 82.5 Å². The van der Waals surface area contributed by atoms with Gasteiger partial charge in [-0.05, 0) is 142 Å². The first-order valence-corrected chi connectivity index (χ1v) is 26.1. The second-order valence-electron chi connectivity index (χ2n) is 22.1. The third-order valence-electron chi connectivity index (χ3n) is 17.6. The molecule has 17 heteroatoms. The van der Waals surface area contributed by atoms with E-state index in [-0.39, 0.29) is 40.1 Å². The summed E-state index contributed by atoms with van der Waals surface area (Å²) in [5.41, 5.74) is 3.44. The number of ether oxygens (including phenoxy) is 1. The number of carbonyl (C=O) groups is 1. The number of aliphatic hydroxyl groups excluding tert-OH is 1. The van der Waals surface area contributed by atoms with E-state index < -0.39 is 18.1 Å². The molecule has 5 aliphatic heterocycles. The van der Waals surface area contributed by atoms with Crippen molar-refractivity contribution < 1.29 is 28.5 Å². The molecule has 4 atom stereocenters. The fraction of sp³-hybridized carbons (Fsp3) is 0.537. The van der Waals surface area contributed by atoms with Gasteiger partial charge in [0.15, 0.2) is 5.82 Å². The summed E-state index contributed by atoms with van der Waals surface area (Å²) in [6, 6.07) is 13.5. The van der Waals surface area contributed by atoms with Gasteiger partial charge in [-0.15, -0.1) is 0 Å². The number of likely N-dealkylation sites (tertiary alicyclic amines) is 1. The minimum Gasteiger partial charge on any atom is -0.508 e. The molecule has 1 amide bonds. The topological polar surface area (TPSA) is 160 Å². The van der Waals surface area contributed by atoms with Gasteiger partial charge < -0.3 is 40.3 Å². The van der Waals surface area contributed by atoms with Crippen molar-refractivity contribution in [3.63, 3.8) is 0 Å². The van der Waals surface area contributed by atoms with Crippen LogP contribution >= 0.6 is 0 Å². The number of rotatable bonds is 11. The summed E-state index contributed by atoms with van der Waals surface area (Å²) in [6.45, 7) is 11.0. The fourth-order valence-electron chi connectivity index (χ4n) is 13.4. The summed E-state index contributed by atoms with van der Waals surface area (Å²) in [5, 5.41) is 34.2. The van der Waals surface area contributed by atoms with Gasteiger partial charge in [0.2, 0.25) is 5.91 Å². The van der Waals surface area contributed by atoms with Crippen molar-refractivity contribution >= 4 is 50.0 Å². The Morgan fingerprint density at radius 1 is 0.859 bits per heavy atom. The maximum Gasteiger partial charge on any atom is 0.319 e. The van der Waals surface area contributed by atoms with Crippen LogP contribution in [0.2, 0.25) is 0 Å². The standard InChI is InChI=1S/C54H63F2N11O4/c1-2-39-42(55)7-3-32-22-38(68)23-40(46(32)39)48-47(56)49-41(27-57-48)50(66-28-34-4-5-35(29-66)59-34)62-52(61-49)71-31-54(11-12-54)30-63-15-13-53(14-16-63)24-37(25-53)65-19-17-64(18-20-65)36-6-8-43-33(21-36)26-58-67(43)44-9-10-45(69)60-51(44)70/h3,6-8,21-23,26-27,34-35,37,44-45,59,68-69H,2,4-5,9-20,24-25,28-31H2,1H3,(H,60,70). The van der Waals surface area contributed by atoms with Crippen molar-refractivity contribution in [1.82, 2.24) is 45.2 Å². The average Bonchev–Trinajstić information content (AvgIpc) is 3.87. The van der Waals surface area contributed by atoms with Crippen LogP contribution in [0, 0.1) is 22.5 Å². The highest BCUT2D eigenvalue weighted by molar-refractivity contribution is 6.02. The van der Waals surface area contributed by atoms with Gasteiger partial charge in [0.25, 0.3) is 0 Å². The smallest absolute Gasteiger partial charge is 0.319 e. The van der Waals surface area contributed by atoms with Gasteiger partial charge in [-0.25, -0.2) is 8.78 Å². The molecule has 3 aromatic carbocycles. The fourth-order valence-corrected chi connectivity index (χ4v) is 13.4. The number of aromatic nitrogens is 5. The number of hydrogen-bond donors (Lipinski definition) is 4. The van der Waals surface area contributed by atoms with E-state index in [1.54, 1.807) is 23.0 Å². The number of carbonyl (C=O) groups excluding carboxylic acids is 1. The number of benzene rings is 3. The number of nitrogens with zero attached hydrogens (tertiary/aromatic N) is 9. The highest BCUT2D eigenvalue weighted by Gasteiger charge is 2.51. The molecule has 2 bridgehead atoms. The summed E-state index contributed by atoms with van der Waals surface area (Å²) >= 11 is 0. The summed E-state index contributed by atoms with van der Waals surface area (Å²) in [6.07, 6.45) is 13.4.